The third-order valence-corrected chi connectivity index (χ3v) is 4.87. The Balaban J connectivity index is 1.83. The minimum atomic E-state index is -0.120. The zero-order valence-corrected chi connectivity index (χ0v) is 16.1. The van der Waals surface area contributed by atoms with Gasteiger partial charge in [0, 0.05) is 23.9 Å². The van der Waals surface area contributed by atoms with Crippen molar-refractivity contribution in [3.8, 4) is 5.75 Å². The van der Waals surface area contributed by atoms with Crippen LogP contribution in [0.15, 0.2) is 36.4 Å². The van der Waals surface area contributed by atoms with E-state index < -0.39 is 0 Å². The van der Waals surface area contributed by atoms with Crippen molar-refractivity contribution >= 4 is 17.3 Å². The standard InChI is InChI=1S/C22H28N2O2/c1-22(2,3)17-10-8-15(9-11-17)21(25)24-19-13-16-7-5-6-12-23-18(16)14-20(19)26-4/h8-11,13-14,23H,5-7,12H2,1-4H3,(H,24,25). The Labute approximate surface area is 156 Å². The number of rotatable bonds is 3. The van der Waals surface area contributed by atoms with Crippen LogP contribution in [0.5, 0.6) is 5.75 Å². The average molecular weight is 352 g/mol. The van der Waals surface area contributed by atoms with E-state index in [2.05, 4.69) is 31.4 Å². The van der Waals surface area contributed by atoms with Crippen molar-refractivity contribution in [2.75, 3.05) is 24.3 Å². The Morgan fingerprint density at radius 1 is 1.12 bits per heavy atom. The molecule has 1 aliphatic rings. The molecule has 0 fully saturated rings. The van der Waals surface area contributed by atoms with Gasteiger partial charge in [0.1, 0.15) is 5.75 Å². The molecule has 0 saturated carbocycles. The Hall–Kier alpha value is -2.49. The molecule has 0 saturated heterocycles. The molecule has 4 nitrogen and oxygen atoms in total. The van der Waals surface area contributed by atoms with Crippen LogP contribution >= 0.6 is 0 Å². The lowest BCUT2D eigenvalue weighted by Crippen LogP contribution is -2.15. The lowest BCUT2D eigenvalue weighted by Gasteiger charge is -2.19. The summed E-state index contributed by atoms with van der Waals surface area (Å²) in [5, 5.41) is 6.45. The van der Waals surface area contributed by atoms with E-state index in [1.165, 1.54) is 11.1 Å². The minimum absolute atomic E-state index is 0.0717. The van der Waals surface area contributed by atoms with E-state index in [4.69, 9.17) is 4.74 Å². The molecule has 4 heteroatoms. The van der Waals surface area contributed by atoms with E-state index in [1.54, 1.807) is 7.11 Å². The summed E-state index contributed by atoms with van der Waals surface area (Å²) in [6, 6.07) is 11.8. The Bertz CT molecular complexity index is 789. The number of nitrogens with one attached hydrogen (secondary N) is 2. The monoisotopic (exact) mass is 352 g/mol. The van der Waals surface area contributed by atoms with Crippen LogP contribution in [-0.2, 0) is 11.8 Å². The van der Waals surface area contributed by atoms with Crippen LogP contribution in [0, 0.1) is 0 Å². The molecule has 0 spiro atoms. The molecule has 0 atom stereocenters. The molecule has 26 heavy (non-hydrogen) atoms. The number of carbonyl (C=O) groups excluding carboxylic acids is 1. The second-order valence-corrected chi connectivity index (χ2v) is 7.87. The van der Waals surface area contributed by atoms with Crippen molar-refractivity contribution < 1.29 is 9.53 Å². The number of benzene rings is 2. The van der Waals surface area contributed by atoms with Gasteiger partial charge in [0.05, 0.1) is 12.8 Å². The van der Waals surface area contributed by atoms with Crippen LogP contribution in [0.2, 0.25) is 0 Å². The highest BCUT2D eigenvalue weighted by Crippen LogP contribution is 2.34. The quantitative estimate of drug-likeness (QED) is 0.818. The molecule has 1 aliphatic heterocycles. The van der Waals surface area contributed by atoms with Gasteiger partial charge in [0.2, 0.25) is 0 Å². The number of hydrogen-bond donors (Lipinski definition) is 2. The van der Waals surface area contributed by atoms with Gasteiger partial charge in [0.15, 0.2) is 0 Å². The number of hydrogen-bond acceptors (Lipinski definition) is 3. The second-order valence-electron chi connectivity index (χ2n) is 7.87. The summed E-state index contributed by atoms with van der Waals surface area (Å²) >= 11 is 0. The van der Waals surface area contributed by atoms with E-state index in [-0.39, 0.29) is 11.3 Å². The summed E-state index contributed by atoms with van der Waals surface area (Å²) in [6.07, 6.45) is 3.31. The topological polar surface area (TPSA) is 50.4 Å². The summed E-state index contributed by atoms with van der Waals surface area (Å²) in [5.74, 6) is 0.558. The highest BCUT2D eigenvalue weighted by atomic mass is 16.5. The molecular formula is C22H28N2O2. The highest BCUT2D eigenvalue weighted by Gasteiger charge is 2.17. The lowest BCUT2D eigenvalue weighted by molar-refractivity contribution is 0.102. The maximum absolute atomic E-state index is 12.7. The summed E-state index contributed by atoms with van der Waals surface area (Å²) in [7, 11) is 1.63. The molecule has 1 heterocycles. The fraction of sp³-hybridized carbons (Fsp3) is 0.409. The van der Waals surface area contributed by atoms with Gasteiger partial charge >= 0.3 is 0 Å². The van der Waals surface area contributed by atoms with E-state index in [9.17, 15) is 4.79 Å². The molecule has 0 aromatic heterocycles. The Morgan fingerprint density at radius 2 is 1.85 bits per heavy atom. The summed E-state index contributed by atoms with van der Waals surface area (Å²) in [6.45, 7) is 7.46. The van der Waals surface area contributed by atoms with Gasteiger partial charge in [-0.3, -0.25) is 4.79 Å². The first-order chi connectivity index (χ1) is 12.4. The first-order valence-corrected chi connectivity index (χ1v) is 9.25. The smallest absolute Gasteiger partial charge is 0.255 e. The fourth-order valence-electron chi connectivity index (χ4n) is 3.24. The third kappa shape index (κ3) is 4.01. The van der Waals surface area contributed by atoms with Gasteiger partial charge < -0.3 is 15.4 Å². The Morgan fingerprint density at radius 3 is 2.50 bits per heavy atom. The number of methoxy groups -OCH3 is 1. The molecule has 2 N–H and O–H groups in total. The zero-order chi connectivity index (χ0) is 18.7. The van der Waals surface area contributed by atoms with Crippen molar-refractivity contribution in [2.24, 2.45) is 0 Å². The van der Waals surface area contributed by atoms with E-state index in [0.717, 1.165) is 37.2 Å². The van der Waals surface area contributed by atoms with Gasteiger partial charge in [-0.25, -0.2) is 0 Å². The normalized spacial score (nSPS) is 14.0. The lowest BCUT2D eigenvalue weighted by atomic mass is 9.87. The molecule has 1 amide bonds. The van der Waals surface area contributed by atoms with E-state index in [0.29, 0.717) is 11.3 Å². The molecule has 3 rings (SSSR count). The van der Waals surface area contributed by atoms with Gasteiger partial charge in [0.25, 0.3) is 5.91 Å². The van der Waals surface area contributed by atoms with Crippen molar-refractivity contribution in [1.82, 2.24) is 0 Å². The number of aryl methyl sites for hydroxylation is 1. The van der Waals surface area contributed by atoms with Crippen LogP contribution in [0.1, 0.15) is 55.1 Å². The maximum atomic E-state index is 12.7. The van der Waals surface area contributed by atoms with Crippen LogP contribution in [0.4, 0.5) is 11.4 Å². The molecule has 138 valence electrons. The summed E-state index contributed by atoms with van der Waals surface area (Å²) in [4.78, 5) is 12.7. The Kier molecular flexibility index (Phi) is 5.21. The zero-order valence-electron chi connectivity index (χ0n) is 16.1. The average Bonchev–Trinajstić information content (AvgIpc) is 2.85. The van der Waals surface area contributed by atoms with Crippen molar-refractivity contribution in [1.29, 1.82) is 0 Å². The SMILES string of the molecule is COc1cc2c(cc1NC(=O)c1ccc(C(C)(C)C)cc1)CCCCN2. The van der Waals surface area contributed by atoms with Crippen LogP contribution in [0.25, 0.3) is 0 Å². The molecule has 2 aromatic rings. The van der Waals surface area contributed by atoms with Gasteiger partial charge in [-0.2, -0.15) is 0 Å². The van der Waals surface area contributed by atoms with Crippen molar-refractivity contribution in [3.63, 3.8) is 0 Å². The molecule has 0 bridgehead atoms. The molecule has 0 aliphatic carbocycles. The first kappa shape index (κ1) is 18.3. The summed E-state index contributed by atoms with van der Waals surface area (Å²) in [5.41, 5.74) is 4.98. The van der Waals surface area contributed by atoms with Gasteiger partial charge in [-0.05, 0) is 54.0 Å². The van der Waals surface area contributed by atoms with Crippen LogP contribution in [0.3, 0.4) is 0 Å². The second kappa shape index (κ2) is 7.40. The summed E-state index contributed by atoms with van der Waals surface area (Å²) < 4.78 is 5.50. The van der Waals surface area contributed by atoms with Crippen molar-refractivity contribution in [2.45, 2.75) is 45.4 Å². The highest BCUT2D eigenvalue weighted by molar-refractivity contribution is 6.05. The predicted molar refractivity (Wildman–Crippen MR) is 108 cm³/mol. The third-order valence-electron chi connectivity index (χ3n) is 4.87. The number of carbonyl (C=O) groups is 1. The maximum Gasteiger partial charge on any atom is 0.255 e. The molecular weight excluding hydrogens is 324 g/mol. The van der Waals surface area contributed by atoms with Crippen LogP contribution in [-0.4, -0.2) is 19.6 Å². The molecule has 0 radical (unpaired) electrons. The first-order valence-electron chi connectivity index (χ1n) is 9.25. The number of ether oxygens (including phenoxy) is 1. The largest absolute Gasteiger partial charge is 0.494 e. The number of anilines is 2. The van der Waals surface area contributed by atoms with Gasteiger partial charge in [-0.1, -0.05) is 32.9 Å². The molecule has 0 unspecified atom stereocenters. The minimum Gasteiger partial charge on any atom is -0.494 e. The number of amides is 1. The van der Waals surface area contributed by atoms with Crippen molar-refractivity contribution in [3.05, 3.63) is 53.1 Å². The number of fused-ring (bicyclic) bond motifs is 1. The van der Waals surface area contributed by atoms with Crippen LogP contribution < -0.4 is 15.4 Å². The van der Waals surface area contributed by atoms with E-state index >= 15 is 0 Å². The van der Waals surface area contributed by atoms with Gasteiger partial charge in [-0.15, -0.1) is 0 Å². The van der Waals surface area contributed by atoms with E-state index in [1.807, 2.05) is 36.4 Å². The predicted octanol–water partition coefficient (Wildman–Crippen LogP) is 4.99. The molecule has 2 aromatic carbocycles. The fourth-order valence-corrected chi connectivity index (χ4v) is 3.24.